The zero-order chi connectivity index (χ0) is 9.26. The van der Waals surface area contributed by atoms with Crippen molar-refractivity contribution in [3.8, 4) is 0 Å². The van der Waals surface area contributed by atoms with Crippen LogP contribution in [0.5, 0.6) is 0 Å². The van der Waals surface area contributed by atoms with Crippen LogP contribution in [0.3, 0.4) is 0 Å². The summed E-state index contributed by atoms with van der Waals surface area (Å²) in [4.78, 5) is 2.10. The second-order valence-electron chi connectivity index (χ2n) is 3.35. The normalized spacial score (nSPS) is 9.57. The van der Waals surface area contributed by atoms with Crippen LogP contribution in [0.1, 0.15) is 0 Å². The van der Waals surface area contributed by atoms with E-state index in [1.165, 1.54) is 16.5 Å². The van der Waals surface area contributed by atoms with E-state index >= 15 is 0 Å². The molecular formula is C12H12LiN. The van der Waals surface area contributed by atoms with E-state index in [2.05, 4.69) is 35.2 Å². The van der Waals surface area contributed by atoms with Gasteiger partial charge in [0.1, 0.15) is 0 Å². The molecule has 0 fully saturated rings. The molecule has 66 valence electrons. The van der Waals surface area contributed by atoms with Gasteiger partial charge in [-0.2, -0.15) is 24.3 Å². The van der Waals surface area contributed by atoms with Crippen molar-refractivity contribution in [1.29, 1.82) is 0 Å². The summed E-state index contributed by atoms with van der Waals surface area (Å²) in [5.74, 6) is 0. The van der Waals surface area contributed by atoms with E-state index in [4.69, 9.17) is 0 Å². The first-order valence-electron chi connectivity index (χ1n) is 4.34. The van der Waals surface area contributed by atoms with Gasteiger partial charge in [0.2, 0.25) is 0 Å². The van der Waals surface area contributed by atoms with Crippen LogP contribution in [0.15, 0.2) is 36.4 Å². The predicted molar refractivity (Wildman–Crippen MR) is 57.1 cm³/mol. The van der Waals surface area contributed by atoms with Crippen molar-refractivity contribution in [1.82, 2.24) is 0 Å². The maximum Gasteiger partial charge on any atom is 1.00 e. The average molecular weight is 177 g/mol. The van der Waals surface area contributed by atoms with E-state index in [-0.39, 0.29) is 18.9 Å². The molecular weight excluding hydrogens is 165 g/mol. The van der Waals surface area contributed by atoms with Crippen molar-refractivity contribution in [2.24, 2.45) is 0 Å². The summed E-state index contributed by atoms with van der Waals surface area (Å²) in [7, 11) is 4.10. The van der Waals surface area contributed by atoms with Crippen molar-refractivity contribution in [2.45, 2.75) is 0 Å². The number of hydrogen-bond donors (Lipinski definition) is 0. The van der Waals surface area contributed by atoms with Crippen LogP contribution < -0.4 is 23.8 Å². The molecule has 0 bridgehead atoms. The Labute approximate surface area is 96.9 Å². The van der Waals surface area contributed by atoms with E-state index in [9.17, 15) is 0 Å². The molecule has 2 rings (SSSR count). The zero-order valence-corrected chi connectivity index (χ0v) is 8.91. The smallest absolute Gasteiger partial charge is 0.378 e. The molecule has 0 aliphatic rings. The fourth-order valence-electron chi connectivity index (χ4n) is 1.39. The summed E-state index contributed by atoms with van der Waals surface area (Å²) >= 11 is 0. The van der Waals surface area contributed by atoms with Gasteiger partial charge in [-0.15, -0.1) is 10.8 Å². The second-order valence-corrected chi connectivity index (χ2v) is 3.35. The molecule has 0 saturated heterocycles. The van der Waals surface area contributed by atoms with Gasteiger partial charge >= 0.3 is 18.9 Å². The van der Waals surface area contributed by atoms with Gasteiger partial charge in [-0.1, -0.05) is 12.1 Å². The van der Waals surface area contributed by atoms with E-state index in [1.54, 1.807) is 0 Å². The van der Waals surface area contributed by atoms with Gasteiger partial charge in [-0.25, -0.2) is 0 Å². The van der Waals surface area contributed by atoms with Gasteiger partial charge in [0.25, 0.3) is 0 Å². The maximum atomic E-state index is 3.08. The van der Waals surface area contributed by atoms with E-state index in [1.807, 2.05) is 26.2 Å². The Kier molecular flexibility index (Phi) is 3.63. The Hall–Kier alpha value is -0.903. The van der Waals surface area contributed by atoms with Crippen molar-refractivity contribution >= 4 is 16.5 Å². The van der Waals surface area contributed by atoms with Crippen LogP contribution in [0.4, 0.5) is 5.69 Å². The molecule has 0 spiro atoms. The van der Waals surface area contributed by atoms with Gasteiger partial charge in [0.15, 0.2) is 0 Å². The molecule has 2 aromatic carbocycles. The Bertz CT molecular complexity index is 423. The maximum absolute atomic E-state index is 3.08. The van der Waals surface area contributed by atoms with Crippen LogP contribution in [0.25, 0.3) is 10.8 Å². The van der Waals surface area contributed by atoms with Gasteiger partial charge in [-0.3, -0.25) is 0 Å². The first-order valence-corrected chi connectivity index (χ1v) is 4.34. The molecule has 0 aliphatic carbocycles. The minimum atomic E-state index is 0. The summed E-state index contributed by atoms with van der Waals surface area (Å²) in [5.41, 5.74) is 1.23. The molecule has 2 heteroatoms. The number of fused-ring (bicyclic) bond motifs is 1. The largest absolute Gasteiger partial charge is 1.00 e. The molecule has 0 heterocycles. The molecule has 2 aromatic rings. The molecule has 0 unspecified atom stereocenters. The van der Waals surface area contributed by atoms with Crippen LogP contribution in [0, 0.1) is 6.07 Å². The third kappa shape index (κ3) is 2.12. The number of rotatable bonds is 1. The first-order chi connectivity index (χ1) is 6.27. The van der Waals surface area contributed by atoms with Crippen LogP contribution >= 0.6 is 0 Å². The molecule has 0 aliphatic heterocycles. The van der Waals surface area contributed by atoms with Crippen molar-refractivity contribution in [2.75, 3.05) is 19.0 Å². The van der Waals surface area contributed by atoms with Crippen molar-refractivity contribution < 1.29 is 18.9 Å². The number of hydrogen-bond acceptors (Lipinski definition) is 1. The summed E-state index contributed by atoms with van der Waals surface area (Å²) in [6.07, 6.45) is 0. The molecule has 0 saturated carbocycles. The van der Waals surface area contributed by atoms with Gasteiger partial charge in [-0.05, 0) is 6.07 Å². The Morgan fingerprint density at radius 3 is 2.57 bits per heavy atom. The molecule has 0 N–H and O–H groups in total. The van der Waals surface area contributed by atoms with Crippen molar-refractivity contribution in [3.63, 3.8) is 0 Å². The first kappa shape index (κ1) is 11.2. The Morgan fingerprint density at radius 2 is 1.86 bits per heavy atom. The summed E-state index contributed by atoms with van der Waals surface area (Å²) in [5, 5.41) is 2.51. The van der Waals surface area contributed by atoms with Gasteiger partial charge in [0.05, 0.1) is 0 Å². The topological polar surface area (TPSA) is 3.24 Å². The molecule has 0 amide bonds. The SMILES string of the molecule is CN(C)c1ccc2cc[c-]cc2c1.[Li+]. The van der Waals surface area contributed by atoms with Gasteiger partial charge < -0.3 is 4.90 Å². The zero-order valence-electron chi connectivity index (χ0n) is 8.91. The summed E-state index contributed by atoms with van der Waals surface area (Å²) < 4.78 is 0. The molecule has 1 nitrogen and oxygen atoms in total. The molecule has 0 aromatic heterocycles. The minimum Gasteiger partial charge on any atom is -0.378 e. The predicted octanol–water partition coefficient (Wildman–Crippen LogP) is -0.290. The van der Waals surface area contributed by atoms with Crippen molar-refractivity contribution in [3.05, 3.63) is 42.5 Å². The number of benzene rings is 2. The Balaban J connectivity index is 0.000000980. The monoisotopic (exact) mass is 177 g/mol. The third-order valence-electron chi connectivity index (χ3n) is 2.18. The average Bonchev–Trinajstić information content (AvgIpc) is 2.17. The quantitative estimate of drug-likeness (QED) is 0.427. The minimum absolute atomic E-state index is 0. The molecule has 0 radical (unpaired) electrons. The number of anilines is 1. The molecule has 14 heavy (non-hydrogen) atoms. The fourth-order valence-corrected chi connectivity index (χ4v) is 1.39. The van der Waals surface area contributed by atoms with Crippen LogP contribution in [0.2, 0.25) is 0 Å². The Morgan fingerprint density at radius 1 is 1.07 bits per heavy atom. The van der Waals surface area contributed by atoms with E-state index < -0.39 is 0 Å². The van der Waals surface area contributed by atoms with Gasteiger partial charge in [0, 0.05) is 19.8 Å². The second kappa shape index (κ2) is 4.55. The van der Waals surface area contributed by atoms with Crippen LogP contribution in [-0.4, -0.2) is 14.1 Å². The summed E-state index contributed by atoms with van der Waals surface area (Å²) in [6, 6.07) is 15.6. The fraction of sp³-hybridized carbons (Fsp3) is 0.167. The van der Waals surface area contributed by atoms with E-state index in [0.29, 0.717) is 0 Å². The third-order valence-corrected chi connectivity index (χ3v) is 2.18. The standard InChI is InChI=1S/C12H12N.Li/c1-13(2)12-8-7-10-5-3-4-6-11(10)9-12;/h3,5-9H,1-2H3;/q-1;+1. The van der Waals surface area contributed by atoms with Crippen LogP contribution in [-0.2, 0) is 0 Å². The molecule has 0 atom stereocenters. The van der Waals surface area contributed by atoms with E-state index in [0.717, 1.165) is 0 Å². The number of nitrogens with zero attached hydrogens (tertiary/aromatic N) is 1. The summed E-state index contributed by atoms with van der Waals surface area (Å²) in [6.45, 7) is 0.